The molecule has 2 aromatic carbocycles. The van der Waals surface area contributed by atoms with Crippen LogP contribution in [0, 0.1) is 23.7 Å². The number of benzene rings is 2. The fraction of sp³-hybridized carbons (Fsp3) is 0.627. The summed E-state index contributed by atoms with van der Waals surface area (Å²) in [6, 6.07) is 6.84. The van der Waals surface area contributed by atoms with Crippen LogP contribution in [-0.2, 0) is 65.5 Å². The molecule has 2 aromatic rings. The summed E-state index contributed by atoms with van der Waals surface area (Å²) < 4.78 is 6.06. The number of nitrogens with zero attached hydrogens (tertiary/aromatic N) is 5. The molecule has 4 rings (SSSR count). The monoisotopic (exact) mass is 1120 g/mol. The van der Waals surface area contributed by atoms with Gasteiger partial charge in [0.15, 0.2) is 12.1 Å². The number of carbonyl (C=O) groups is 10. The van der Waals surface area contributed by atoms with Crippen LogP contribution in [0.15, 0.2) is 60.7 Å². The molecule has 0 spiro atoms. The van der Waals surface area contributed by atoms with Crippen molar-refractivity contribution in [3.05, 3.63) is 71.8 Å². The van der Waals surface area contributed by atoms with Gasteiger partial charge in [0.05, 0.1) is 5.60 Å². The number of likely N-dealkylation sites (N-methyl/N-ethyl adjacent to an activating group) is 4. The largest absolute Gasteiger partial charge is 0.481 e. The van der Waals surface area contributed by atoms with E-state index in [1.807, 2.05) is 0 Å². The number of rotatable bonds is 14. The fourth-order valence-corrected chi connectivity index (χ4v) is 10.9. The first-order valence-corrected chi connectivity index (χ1v) is 27.9. The van der Waals surface area contributed by atoms with E-state index < -0.39 is 150 Å². The highest BCUT2D eigenvalue weighted by Crippen LogP contribution is 2.27. The van der Waals surface area contributed by atoms with E-state index in [1.165, 1.54) is 51.8 Å². The highest BCUT2D eigenvalue weighted by Gasteiger charge is 2.48. The van der Waals surface area contributed by atoms with E-state index in [1.54, 1.807) is 116 Å². The summed E-state index contributed by atoms with van der Waals surface area (Å²) in [7, 11) is 5.41. The van der Waals surface area contributed by atoms with Gasteiger partial charge in [0, 0.05) is 59.9 Å². The van der Waals surface area contributed by atoms with Crippen LogP contribution in [0.2, 0.25) is 0 Å². The van der Waals surface area contributed by atoms with E-state index in [0.717, 1.165) is 14.7 Å². The standard InChI is InChI=1S/C59H88N8O13/c1-15-37(8)48-57(77)65(13)47(36(6)7)52(72)62-42(32-38-23-18-16-19-24-38)54(74)63(11)44(33-39-25-20-17-21-26-39)56(76)67-30-22-27-43(67)50(70)60-40(28-29-45(68)69)53(73)64(12)46(35(4)5)51(71)61-41(31-34(2)3)55(75)66(14)49(58(78)80-48)59(9,10)79/h16-21,23-26,34-37,40-44,46-49,79H,15,22,27-33H2,1-14H3,(H,60,70)(H,61,71)(H,62,72)(H,68,69)/t37-,40+,41+,42+,43+,44+,46+,47+,48-,49-/m1/s1. The van der Waals surface area contributed by atoms with Gasteiger partial charge in [-0.25, -0.2) is 4.79 Å². The molecule has 2 saturated heterocycles. The van der Waals surface area contributed by atoms with Gasteiger partial charge in [0.1, 0.15) is 42.3 Å². The Labute approximate surface area is 471 Å². The summed E-state index contributed by atoms with van der Waals surface area (Å²) in [6.45, 7) is 16.4. The lowest BCUT2D eigenvalue weighted by Gasteiger charge is -2.39. The number of hydrogen-bond acceptors (Lipinski definition) is 12. The van der Waals surface area contributed by atoms with Crippen LogP contribution < -0.4 is 16.0 Å². The van der Waals surface area contributed by atoms with Crippen LogP contribution in [-0.4, -0.2) is 189 Å². The predicted molar refractivity (Wildman–Crippen MR) is 299 cm³/mol. The van der Waals surface area contributed by atoms with Gasteiger partial charge in [0.2, 0.25) is 41.4 Å². The number of hydrogen-bond donors (Lipinski definition) is 5. The van der Waals surface area contributed by atoms with E-state index in [9.17, 15) is 48.6 Å². The summed E-state index contributed by atoms with van der Waals surface area (Å²) in [5, 5.41) is 29.9. The number of nitrogens with one attached hydrogen (secondary N) is 3. The van der Waals surface area contributed by atoms with Crippen molar-refractivity contribution in [2.75, 3.05) is 34.7 Å². The smallest absolute Gasteiger partial charge is 0.332 e. The topological polar surface area (TPSA) is 273 Å². The van der Waals surface area contributed by atoms with Crippen LogP contribution in [0.25, 0.3) is 0 Å². The van der Waals surface area contributed by atoms with Gasteiger partial charge in [-0.2, -0.15) is 0 Å². The molecule has 8 amide bonds. The van der Waals surface area contributed by atoms with E-state index in [-0.39, 0.29) is 38.1 Å². The quantitative estimate of drug-likeness (QED) is 0.170. The average molecular weight is 1120 g/mol. The van der Waals surface area contributed by atoms with E-state index in [4.69, 9.17) is 4.74 Å². The van der Waals surface area contributed by atoms with Gasteiger partial charge in [0.25, 0.3) is 5.91 Å². The van der Waals surface area contributed by atoms with Crippen molar-refractivity contribution in [3.8, 4) is 0 Å². The van der Waals surface area contributed by atoms with Crippen LogP contribution >= 0.6 is 0 Å². The number of ether oxygens (including phenoxy) is 1. The van der Waals surface area contributed by atoms with Gasteiger partial charge in [-0.15, -0.1) is 0 Å². The van der Waals surface area contributed by atoms with Gasteiger partial charge < -0.3 is 55.4 Å². The zero-order valence-corrected chi connectivity index (χ0v) is 49.3. The van der Waals surface area contributed by atoms with Gasteiger partial charge in [-0.3, -0.25) is 43.2 Å². The summed E-state index contributed by atoms with van der Waals surface area (Å²) in [6.07, 6.45) is -1.74. The Balaban J connectivity index is 1.98. The normalized spacial score (nSPS) is 25.9. The van der Waals surface area contributed by atoms with Crippen LogP contribution in [0.3, 0.4) is 0 Å². The third-order valence-electron chi connectivity index (χ3n) is 15.3. The number of carbonyl (C=O) groups excluding carboxylic acids is 9. The van der Waals surface area contributed by atoms with Crippen LogP contribution in [0.5, 0.6) is 0 Å². The second-order valence-electron chi connectivity index (χ2n) is 23.3. The molecular weight excluding hydrogens is 1030 g/mol. The minimum atomic E-state index is -2.01. The summed E-state index contributed by atoms with van der Waals surface area (Å²) in [5.74, 6) is -10.6. The molecule has 0 aromatic heterocycles. The maximum atomic E-state index is 15.2. The number of carboxylic acids is 1. The van der Waals surface area contributed by atoms with Gasteiger partial charge >= 0.3 is 11.9 Å². The molecule has 442 valence electrons. The van der Waals surface area contributed by atoms with Crippen molar-refractivity contribution in [1.82, 2.24) is 40.4 Å². The van der Waals surface area contributed by atoms with Gasteiger partial charge in [-0.05, 0) is 74.8 Å². The average Bonchev–Trinajstić information content (AvgIpc) is 3.89. The molecule has 0 saturated carbocycles. The number of amides is 8. The molecule has 0 radical (unpaired) electrons. The predicted octanol–water partition coefficient (Wildman–Crippen LogP) is 3.19. The molecule has 2 aliphatic heterocycles. The molecule has 5 N–H and O–H groups in total. The molecular formula is C59H88N8O13. The van der Waals surface area contributed by atoms with Crippen molar-refractivity contribution in [2.24, 2.45) is 23.7 Å². The summed E-state index contributed by atoms with van der Waals surface area (Å²) in [5.41, 5.74) is -0.682. The number of fused-ring (bicyclic) bond motifs is 1. The van der Waals surface area contributed by atoms with Crippen LogP contribution in [0.1, 0.15) is 119 Å². The van der Waals surface area contributed by atoms with E-state index >= 15 is 9.59 Å². The molecule has 10 atom stereocenters. The summed E-state index contributed by atoms with van der Waals surface area (Å²) >= 11 is 0. The van der Waals surface area contributed by atoms with Crippen molar-refractivity contribution in [3.63, 3.8) is 0 Å². The van der Waals surface area contributed by atoms with Crippen molar-refractivity contribution in [1.29, 1.82) is 0 Å². The molecule has 2 heterocycles. The highest BCUT2D eigenvalue weighted by molar-refractivity contribution is 5.99. The maximum Gasteiger partial charge on any atom is 0.332 e. The summed E-state index contributed by atoms with van der Waals surface area (Å²) in [4.78, 5) is 151. The van der Waals surface area contributed by atoms with E-state index in [0.29, 0.717) is 24.0 Å². The highest BCUT2D eigenvalue weighted by atomic mass is 16.6. The first-order chi connectivity index (χ1) is 37.4. The number of cyclic esters (lactones) is 1. The lowest BCUT2D eigenvalue weighted by atomic mass is 9.94. The Hall–Kier alpha value is -6.90. The second-order valence-corrected chi connectivity index (χ2v) is 23.3. The van der Waals surface area contributed by atoms with Crippen LogP contribution in [0.4, 0.5) is 0 Å². The zero-order valence-electron chi connectivity index (χ0n) is 49.3. The third kappa shape index (κ3) is 16.8. The van der Waals surface area contributed by atoms with Crippen molar-refractivity contribution in [2.45, 2.75) is 181 Å². The Morgan fingerprint density at radius 1 is 0.637 bits per heavy atom. The SMILES string of the molecule is CC[C@@H](C)[C@H]1OC(=O)[C@H](C(C)(C)O)N(C)C(=O)[C@H](CC(C)C)NC(=O)[C@H](C(C)C)N(C)C(=O)[C@H](CCC(=O)O)NC(=O)[C@@H]2CCCN2C(=O)[C@H](Cc2ccccc2)N(C)C(=O)[C@H](Cc2ccccc2)NC(=O)[C@H](C(C)C)N(C)C1=O. The maximum absolute atomic E-state index is 15.2. The van der Waals surface area contributed by atoms with Crippen molar-refractivity contribution >= 4 is 59.2 Å². The lowest BCUT2D eigenvalue weighted by molar-refractivity contribution is -0.177. The Kier molecular flexibility index (Phi) is 23.8. The van der Waals surface area contributed by atoms with Gasteiger partial charge in [-0.1, -0.05) is 116 Å². The zero-order chi connectivity index (χ0) is 60.1. The minimum Gasteiger partial charge on any atom is -0.481 e. The van der Waals surface area contributed by atoms with Crippen molar-refractivity contribution < 1.29 is 62.9 Å². The molecule has 2 aliphatic rings. The molecule has 0 bridgehead atoms. The Bertz CT molecular complexity index is 2500. The molecule has 80 heavy (non-hydrogen) atoms. The number of carboxylic acid groups (broad SMARTS) is 1. The lowest BCUT2D eigenvalue weighted by Crippen LogP contribution is -2.62. The molecule has 0 unspecified atom stereocenters. The molecule has 21 nitrogen and oxygen atoms in total. The molecule has 0 aliphatic carbocycles. The Morgan fingerprint density at radius 3 is 1.60 bits per heavy atom. The molecule has 21 heteroatoms. The number of esters is 1. The first kappa shape index (κ1) is 65.6. The van der Waals surface area contributed by atoms with E-state index in [2.05, 4.69) is 16.0 Å². The fourth-order valence-electron chi connectivity index (χ4n) is 10.9. The molecule has 2 fully saturated rings. The second kappa shape index (κ2) is 29.0. The third-order valence-corrected chi connectivity index (χ3v) is 15.3. The first-order valence-electron chi connectivity index (χ1n) is 27.9. The number of aliphatic hydroxyl groups is 1. The number of aliphatic carboxylic acids is 1. The Morgan fingerprint density at radius 2 is 1.11 bits per heavy atom. The minimum absolute atomic E-state index is 0.0166.